The second kappa shape index (κ2) is 6.14. The molecule has 2 aromatic rings. The number of anilines is 1. The van der Waals surface area contributed by atoms with Crippen LogP contribution in [0.5, 0.6) is 17.2 Å². The molecule has 1 aliphatic heterocycles. The molecule has 0 saturated heterocycles. The minimum atomic E-state index is 0.225. The normalized spacial score (nSPS) is 12.3. The summed E-state index contributed by atoms with van der Waals surface area (Å²) in [5, 5.41) is 3.92. The molecule has 1 aliphatic rings. The summed E-state index contributed by atoms with van der Waals surface area (Å²) in [5.74, 6) is 2.17. The highest BCUT2D eigenvalue weighted by Gasteiger charge is 2.18. The van der Waals surface area contributed by atoms with Crippen molar-refractivity contribution in [1.82, 2.24) is 0 Å². The minimum Gasteiger partial charge on any atom is -0.494 e. The van der Waals surface area contributed by atoms with Gasteiger partial charge < -0.3 is 19.5 Å². The predicted molar refractivity (Wildman–Crippen MR) is 82.5 cm³/mol. The first-order valence-corrected chi connectivity index (χ1v) is 7.19. The Balaban J connectivity index is 1.70. The molecule has 21 heavy (non-hydrogen) atoms. The van der Waals surface area contributed by atoms with E-state index in [2.05, 4.69) is 5.32 Å². The van der Waals surface area contributed by atoms with Gasteiger partial charge in [-0.05, 0) is 36.8 Å². The quantitative estimate of drug-likeness (QED) is 0.903. The summed E-state index contributed by atoms with van der Waals surface area (Å²) in [5.41, 5.74) is 2.03. The van der Waals surface area contributed by atoms with E-state index in [9.17, 15) is 0 Å². The Bertz CT molecular complexity index is 645. The van der Waals surface area contributed by atoms with E-state index in [-0.39, 0.29) is 6.79 Å². The summed E-state index contributed by atoms with van der Waals surface area (Å²) >= 11 is 6.17. The first kappa shape index (κ1) is 13.9. The SMILES string of the molecule is CCOc1cccc(NCc2cc(Cl)c3c(c2)OCO3)c1. The van der Waals surface area contributed by atoms with Crippen molar-refractivity contribution in [3.63, 3.8) is 0 Å². The lowest BCUT2D eigenvalue weighted by Crippen LogP contribution is -2.00. The molecule has 4 nitrogen and oxygen atoms in total. The summed E-state index contributed by atoms with van der Waals surface area (Å²) in [6, 6.07) is 11.7. The summed E-state index contributed by atoms with van der Waals surface area (Å²) in [4.78, 5) is 0. The van der Waals surface area contributed by atoms with Gasteiger partial charge in [0.1, 0.15) is 5.75 Å². The smallest absolute Gasteiger partial charge is 0.231 e. The molecule has 0 amide bonds. The van der Waals surface area contributed by atoms with Crippen LogP contribution in [-0.4, -0.2) is 13.4 Å². The number of hydrogen-bond acceptors (Lipinski definition) is 4. The Morgan fingerprint density at radius 2 is 2.14 bits per heavy atom. The Morgan fingerprint density at radius 1 is 1.24 bits per heavy atom. The molecule has 0 saturated carbocycles. The molecule has 0 atom stereocenters. The largest absolute Gasteiger partial charge is 0.494 e. The topological polar surface area (TPSA) is 39.7 Å². The van der Waals surface area contributed by atoms with Crippen molar-refractivity contribution in [2.45, 2.75) is 13.5 Å². The van der Waals surface area contributed by atoms with Gasteiger partial charge in [0, 0.05) is 18.3 Å². The molecule has 0 spiro atoms. The van der Waals surface area contributed by atoms with Crippen molar-refractivity contribution < 1.29 is 14.2 Å². The zero-order valence-electron chi connectivity index (χ0n) is 11.7. The predicted octanol–water partition coefficient (Wildman–Crippen LogP) is 4.08. The maximum atomic E-state index is 6.17. The molecule has 1 N–H and O–H groups in total. The average Bonchev–Trinajstić information content (AvgIpc) is 2.95. The number of benzene rings is 2. The number of hydrogen-bond donors (Lipinski definition) is 1. The van der Waals surface area contributed by atoms with E-state index >= 15 is 0 Å². The highest BCUT2D eigenvalue weighted by atomic mass is 35.5. The molecule has 110 valence electrons. The molecular formula is C16H16ClNO3. The fourth-order valence-corrected chi connectivity index (χ4v) is 2.48. The van der Waals surface area contributed by atoms with Crippen LogP contribution < -0.4 is 19.5 Å². The Kier molecular flexibility index (Phi) is 4.06. The minimum absolute atomic E-state index is 0.225. The van der Waals surface area contributed by atoms with Crippen molar-refractivity contribution in [2.75, 3.05) is 18.7 Å². The Hall–Kier alpha value is -2.07. The zero-order valence-corrected chi connectivity index (χ0v) is 12.4. The van der Waals surface area contributed by atoms with Crippen LogP contribution in [0.1, 0.15) is 12.5 Å². The van der Waals surface area contributed by atoms with Gasteiger partial charge in [-0.2, -0.15) is 0 Å². The van der Waals surface area contributed by atoms with Crippen LogP contribution in [0, 0.1) is 0 Å². The fourth-order valence-electron chi connectivity index (χ4n) is 2.19. The first-order valence-electron chi connectivity index (χ1n) is 6.81. The van der Waals surface area contributed by atoms with E-state index in [1.807, 2.05) is 43.3 Å². The van der Waals surface area contributed by atoms with E-state index in [0.29, 0.717) is 29.7 Å². The summed E-state index contributed by atoms with van der Waals surface area (Å²) in [6.07, 6.45) is 0. The van der Waals surface area contributed by atoms with E-state index in [0.717, 1.165) is 17.0 Å². The molecule has 5 heteroatoms. The third-order valence-corrected chi connectivity index (χ3v) is 3.41. The van der Waals surface area contributed by atoms with E-state index in [1.54, 1.807) is 0 Å². The third-order valence-electron chi connectivity index (χ3n) is 3.13. The van der Waals surface area contributed by atoms with Crippen molar-refractivity contribution in [3.8, 4) is 17.2 Å². The standard InChI is InChI=1S/C16H16ClNO3/c1-2-19-13-5-3-4-12(8-13)18-9-11-6-14(17)16-15(7-11)20-10-21-16/h3-8,18H,2,9-10H2,1H3. The highest BCUT2D eigenvalue weighted by Crippen LogP contribution is 2.39. The van der Waals surface area contributed by atoms with Crippen molar-refractivity contribution in [3.05, 3.63) is 47.0 Å². The van der Waals surface area contributed by atoms with Gasteiger partial charge >= 0.3 is 0 Å². The van der Waals surface area contributed by atoms with Crippen LogP contribution >= 0.6 is 11.6 Å². The zero-order chi connectivity index (χ0) is 14.7. The van der Waals surface area contributed by atoms with Crippen LogP contribution in [0.2, 0.25) is 5.02 Å². The van der Waals surface area contributed by atoms with Crippen LogP contribution in [0.25, 0.3) is 0 Å². The van der Waals surface area contributed by atoms with E-state index in [4.69, 9.17) is 25.8 Å². The van der Waals surface area contributed by atoms with Crippen LogP contribution in [0.15, 0.2) is 36.4 Å². The number of ether oxygens (including phenoxy) is 3. The molecular weight excluding hydrogens is 290 g/mol. The third kappa shape index (κ3) is 3.16. The first-order chi connectivity index (χ1) is 10.3. The molecule has 0 unspecified atom stereocenters. The van der Waals surface area contributed by atoms with Gasteiger partial charge in [-0.1, -0.05) is 17.7 Å². The molecule has 0 aromatic heterocycles. The summed E-state index contributed by atoms with van der Waals surface area (Å²) < 4.78 is 16.1. The molecule has 3 rings (SSSR count). The van der Waals surface area contributed by atoms with Crippen molar-refractivity contribution >= 4 is 17.3 Å². The van der Waals surface area contributed by atoms with Gasteiger partial charge in [0.15, 0.2) is 11.5 Å². The Morgan fingerprint density at radius 3 is 3.00 bits per heavy atom. The molecule has 0 radical (unpaired) electrons. The van der Waals surface area contributed by atoms with E-state index in [1.165, 1.54) is 0 Å². The van der Waals surface area contributed by atoms with Crippen LogP contribution in [0.3, 0.4) is 0 Å². The maximum absolute atomic E-state index is 6.17. The van der Waals surface area contributed by atoms with Crippen molar-refractivity contribution in [1.29, 1.82) is 0 Å². The molecule has 0 aliphatic carbocycles. The van der Waals surface area contributed by atoms with Gasteiger partial charge in [-0.25, -0.2) is 0 Å². The Labute approximate surface area is 128 Å². The van der Waals surface area contributed by atoms with Crippen LogP contribution in [0.4, 0.5) is 5.69 Å². The number of rotatable bonds is 5. The fraction of sp³-hybridized carbons (Fsp3) is 0.250. The lowest BCUT2D eigenvalue weighted by molar-refractivity contribution is 0.174. The van der Waals surface area contributed by atoms with Gasteiger partial charge in [0.05, 0.1) is 11.6 Å². The second-order valence-electron chi connectivity index (χ2n) is 4.63. The molecule has 0 bridgehead atoms. The number of fused-ring (bicyclic) bond motifs is 1. The van der Waals surface area contributed by atoms with Crippen LogP contribution in [-0.2, 0) is 6.54 Å². The molecule has 0 fully saturated rings. The molecule has 1 heterocycles. The summed E-state index contributed by atoms with van der Waals surface area (Å²) in [7, 11) is 0. The molecule has 2 aromatic carbocycles. The number of halogens is 1. The number of nitrogens with one attached hydrogen (secondary N) is 1. The van der Waals surface area contributed by atoms with E-state index < -0.39 is 0 Å². The van der Waals surface area contributed by atoms with Gasteiger partial charge in [-0.15, -0.1) is 0 Å². The van der Waals surface area contributed by atoms with Gasteiger partial charge in [0.2, 0.25) is 6.79 Å². The lowest BCUT2D eigenvalue weighted by atomic mass is 10.2. The maximum Gasteiger partial charge on any atom is 0.231 e. The lowest BCUT2D eigenvalue weighted by Gasteiger charge is -2.10. The highest BCUT2D eigenvalue weighted by molar-refractivity contribution is 6.32. The van der Waals surface area contributed by atoms with Crippen molar-refractivity contribution in [2.24, 2.45) is 0 Å². The second-order valence-corrected chi connectivity index (χ2v) is 5.03. The summed E-state index contributed by atoms with van der Waals surface area (Å²) in [6.45, 7) is 3.49. The van der Waals surface area contributed by atoms with Gasteiger partial charge in [-0.3, -0.25) is 0 Å². The monoisotopic (exact) mass is 305 g/mol. The average molecular weight is 306 g/mol. The van der Waals surface area contributed by atoms with Gasteiger partial charge in [0.25, 0.3) is 0 Å².